The molecule has 0 spiro atoms. The van der Waals surface area contributed by atoms with E-state index in [2.05, 4.69) is 5.32 Å². The molecule has 0 bridgehead atoms. The van der Waals surface area contributed by atoms with Gasteiger partial charge in [0.1, 0.15) is 0 Å². The van der Waals surface area contributed by atoms with Crippen LogP contribution in [0.15, 0.2) is 24.3 Å². The molecule has 4 unspecified atom stereocenters. The average molecular weight is 339 g/mol. The molecule has 1 saturated heterocycles. The van der Waals surface area contributed by atoms with E-state index in [1.165, 1.54) is 0 Å². The Morgan fingerprint density at radius 2 is 1.87 bits per heavy atom. The van der Waals surface area contributed by atoms with E-state index in [0.717, 1.165) is 4.90 Å². The monoisotopic (exact) mass is 338 g/mol. The van der Waals surface area contributed by atoms with Gasteiger partial charge in [0, 0.05) is 25.3 Å². The number of nitrogens with one attached hydrogen (secondary N) is 1. The van der Waals surface area contributed by atoms with Crippen LogP contribution in [-0.4, -0.2) is 44.4 Å². The molecule has 23 heavy (non-hydrogen) atoms. The minimum absolute atomic E-state index is 0.132. The van der Waals surface area contributed by atoms with Gasteiger partial charge in [0.15, 0.2) is 0 Å². The van der Waals surface area contributed by atoms with Gasteiger partial charge >= 0.3 is 6.03 Å². The maximum absolute atomic E-state index is 12.9. The molecule has 124 valence electrons. The molecule has 1 aliphatic heterocycles. The van der Waals surface area contributed by atoms with Gasteiger partial charge in [0.2, 0.25) is 5.91 Å². The van der Waals surface area contributed by atoms with Gasteiger partial charge < -0.3 is 14.8 Å². The van der Waals surface area contributed by atoms with Crippen molar-refractivity contribution in [2.75, 3.05) is 19.1 Å². The number of benzene rings is 1. The Morgan fingerprint density at radius 1 is 1.17 bits per heavy atom. The van der Waals surface area contributed by atoms with Crippen molar-refractivity contribution in [2.45, 2.75) is 31.1 Å². The molecule has 2 aliphatic rings. The van der Waals surface area contributed by atoms with Crippen molar-refractivity contribution in [2.24, 2.45) is 5.92 Å². The lowest BCUT2D eigenvalue weighted by Crippen LogP contribution is -2.64. The molecular formula is C16H19ClN2O4. The van der Waals surface area contributed by atoms with Crippen molar-refractivity contribution in [3.05, 3.63) is 29.3 Å². The molecule has 1 heterocycles. The van der Waals surface area contributed by atoms with E-state index in [4.69, 9.17) is 21.1 Å². The van der Waals surface area contributed by atoms with Gasteiger partial charge in [-0.05, 0) is 31.0 Å². The van der Waals surface area contributed by atoms with Crippen molar-refractivity contribution in [3.63, 3.8) is 0 Å². The predicted octanol–water partition coefficient (Wildman–Crippen LogP) is 2.20. The Balaban J connectivity index is 1.87. The summed E-state index contributed by atoms with van der Waals surface area (Å²) in [5.74, 6) is -0.555. The third-order valence-electron chi connectivity index (χ3n) is 4.59. The number of ether oxygens (including phenoxy) is 2. The Labute approximate surface area is 139 Å². The second-order valence-electron chi connectivity index (χ2n) is 5.84. The molecule has 4 atom stereocenters. The van der Waals surface area contributed by atoms with Crippen LogP contribution in [-0.2, 0) is 14.3 Å². The molecule has 1 aromatic rings. The number of nitrogens with zero attached hydrogens (tertiary/aromatic N) is 1. The number of rotatable bonds is 3. The topological polar surface area (TPSA) is 67.9 Å². The summed E-state index contributed by atoms with van der Waals surface area (Å²) in [6.45, 7) is 0. The van der Waals surface area contributed by atoms with Crippen LogP contribution >= 0.6 is 11.6 Å². The van der Waals surface area contributed by atoms with Crippen LogP contribution in [0.5, 0.6) is 0 Å². The number of urea groups is 1. The Morgan fingerprint density at radius 3 is 2.52 bits per heavy atom. The molecule has 0 aromatic heterocycles. The maximum atomic E-state index is 12.9. The average Bonchev–Trinajstić information content (AvgIpc) is 2.54. The Kier molecular flexibility index (Phi) is 4.57. The number of hydrogen-bond donors (Lipinski definition) is 1. The number of methoxy groups -OCH3 is 2. The number of carbonyl (C=O) groups excluding carboxylic acids is 2. The number of fused-ring (bicyclic) bond motifs is 1. The van der Waals surface area contributed by atoms with Crippen LogP contribution in [0.1, 0.15) is 12.8 Å². The molecule has 1 N–H and O–H groups in total. The Hall–Kier alpha value is -1.63. The highest BCUT2D eigenvalue weighted by Crippen LogP contribution is 2.34. The van der Waals surface area contributed by atoms with E-state index in [9.17, 15) is 9.59 Å². The van der Waals surface area contributed by atoms with E-state index >= 15 is 0 Å². The minimum Gasteiger partial charge on any atom is -0.379 e. The molecule has 0 radical (unpaired) electrons. The standard InChI is InChI=1S/C16H19ClN2O4/c1-22-13-7-11-12(8-14(13)23-2)18-16(21)19(15(11)20)10-5-3-4-9(17)6-10/h3-6,11-14H,7-8H2,1-2H3,(H,18,21). The van der Waals surface area contributed by atoms with Crippen LogP contribution in [0.25, 0.3) is 0 Å². The van der Waals surface area contributed by atoms with E-state index in [1.807, 2.05) is 0 Å². The fraction of sp³-hybridized carbons (Fsp3) is 0.500. The molecule has 3 amide bonds. The predicted molar refractivity (Wildman–Crippen MR) is 85.6 cm³/mol. The summed E-state index contributed by atoms with van der Waals surface area (Å²) in [6.07, 6.45) is 0.768. The molecule has 2 fully saturated rings. The second-order valence-corrected chi connectivity index (χ2v) is 6.27. The number of imide groups is 1. The lowest BCUT2D eigenvalue weighted by molar-refractivity contribution is -0.132. The number of carbonyl (C=O) groups is 2. The number of amides is 3. The molecule has 1 aromatic carbocycles. The van der Waals surface area contributed by atoms with Crippen LogP contribution in [0.3, 0.4) is 0 Å². The van der Waals surface area contributed by atoms with Gasteiger partial charge in [-0.3, -0.25) is 4.79 Å². The summed E-state index contributed by atoms with van der Waals surface area (Å²) in [5.41, 5.74) is 0.473. The third kappa shape index (κ3) is 2.94. The van der Waals surface area contributed by atoms with Gasteiger partial charge in [-0.2, -0.15) is 0 Å². The number of anilines is 1. The molecule has 6 nitrogen and oxygen atoms in total. The smallest absolute Gasteiger partial charge is 0.328 e. The highest BCUT2D eigenvalue weighted by molar-refractivity contribution is 6.31. The first-order chi connectivity index (χ1) is 11.0. The first-order valence-corrected chi connectivity index (χ1v) is 7.88. The molecule has 3 rings (SSSR count). The molecular weight excluding hydrogens is 320 g/mol. The molecule has 1 saturated carbocycles. The second kappa shape index (κ2) is 6.47. The fourth-order valence-corrected chi connectivity index (χ4v) is 3.59. The summed E-state index contributed by atoms with van der Waals surface area (Å²) in [4.78, 5) is 26.4. The van der Waals surface area contributed by atoms with Crippen molar-refractivity contribution in [1.29, 1.82) is 0 Å². The summed E-state index contributed by atoms with van der Waals surface area (Å²) in [7, 11) is 3.22. The molecule has 1 aliphatic carbocycles. The summed E-state index contributed by atoms with van der Waals surface area (Å²) >= 11 is 5.97. The maximum Gasteiger partial charge on any atom is 0.328 e. The van der Waals surface area contributed by atoms with Crippen LogP contribution in [0.4, 0.5) is 10.5 Å². The molecule has 7 heteroatoms. The first kappa shape index (κ1) is 16.2. The van der Waals surface area contributed by atoms with Gasteiger partial charge in [-0.15, -0.1) is 0 Å². The quantitative estimate of drug-likeness (QED) is 0.917. The Bertz CT molecular complexity index is 624. The normalized spacial score (nSPS) is 30.8. The van der Waals surface area contributed by atoms with Crippen LogP contribution < -0.4 is 10.2 Å². The number of hydrogen-bond acceptors (Lipinski definition) is 4. The van der Waals surface area contributed by atoms with Gasteiger partial charge in [-0.25, -0.2) is 9.69 Å². The lowest BCUT2D eigenvalue weighted by Gasteiger charge is -2.44. The van der Waals surface area contributed by atoms with Crippen molar-refractivity contribution in [1.82, 2.24) is 5.32 Å². The van der Waals surface area contributed by atoms with Gasteiger partial charge in [-0.1, -0.05) is 17.7 Å². The fourth-order valence-electron chi connectivity index (χ4n) is 3.41. The number of halogens is 1. The third-order valence-corrected chi connectivity index (χ3v) is 4.83. The van der Waals surface area contributed by atoms with E-state index < -0.39 is 6.03 Å². The van der Waals surface area contributed by atoms with E-state index in [-0.39, 0.29) is 30.1 Å². The van der Waals surface area contributed by atoms with E-state index in [1.54, 1.807) is 38.5 Å². The SMILES string of the molecule is COC1CC2NC(=O)N(c3cccc(Cl)c3)C(=O)C2CC1OC. The summed E-state index contributed by atoms with van der Waals surface area (Å²) in [5, 5.41) is 3.39. The van der Waals surface area contributed by atoms with Crippen LogP contribution in [0, 0.1) is 5.92 Å². The zero-order valence-corrected chi connectivity index (χ0v) is 13.7. The first-order valence-electron chi connectivity index (χ1n) is 7.50. The zero-order valence-electron chi connectivity index (χ0n) is 13.0. The van der Waals surface area contributed by atoms with Gasteiger partial charge in [0.25, 0.3) is 0 Å². The summed E-state index contributed by atoms with van der Waals surface area (Å²) in [6, 6.07) is 6.05. The van der Waals surface area contributed by atoms with Gasteiger partial charge in [0.05, 0.1) is 23.8 Å². The lowest BCUT2D eigenvalue weighted by atomic mass is 9.79. The van der Waals surface area contributed by atoms with Crippen LogP contribution in [0.2, 0.25) is 5.02 Å². The van der Waals surface area contributed by atoms with E-state index in [0.29, 0.717) is 23.6 Å². The summed E-state index contributed by atoms with van der Waals surface area (Å²) < 4.78 is 10.9. The van der Waals surface area contributed by atoms with Crippen molar-refractivity contribution in [3.8, 4) is 0 Å². The highest BCUT2D eigenvalue weighted by atomic mass is 35.5. The van der Waals surface area contributed by atoms with Crippen molar-refractivity contribution >= 4 is 29.2 Å². The minimum atomic E-state index is -0.427. The zero-order chi connectivity index (χ0) is 16.6. The highest BCUT2D eigenvalue weighted by Gasteiger charge is 2.48. The van der Waals surface area contributed by atoms with Crippen molar-refractivity contribution < 1.29 is 19.1 Å². The largest absolute Gasteiger partial charge is 0.379 e.